The van der Waals surface area contributed by atoms with E-state index in [1.165, 1.54) is 12.1 Å². The molecule has 130 valence electrons. The van der Waals surface area contributed by atoms with Gasteiger partial charge in [0, 0.05) is 31.7 Å². The first-order valence-corrected chi connectivity index (χ1v) is 8.41. The van der Waals surface area contributed by atoms with Crippen LogP contribution in [0.25, 0.3) is 0 Å². The molecule has 2 aromatic carbocycles. The van der Waals surface area contributed by atoms with Crippen molar-refractivity contribution in [1.82, 2.24) is 9.80 Å². The highest BCUT2D eigenvalue weighted by Gasteiger charge is 2.24. The van der Waals surface area contributed by atoms with Gasteiger partial charge in [-0.1, -0.05) is 29.8 Å². The summed E-state index contributed by atoms with van der Waals surface area (Å²) in [6.45, 7) is 4.00. The number of nitrogens with zero attached hydrogens (tertiary/aromatic N) is 2. The molecule has 2 amide bonds. The number of halogens is 1. The molecular weight excluding hydrogens is 319 g/mol. The molecule has 0 spiro atoms. The summed E-state index contributed by atoms with van der Waals surface area (Å²) < 4.78 is 13.2. The standard InChI is InChI=1S/C20H21FN2O2/c1-15-4-2-6-17(12-15)20(25)23-10-8-22(9-11-23)19(24)14-16-5-3-7-18(21)13-16/h2-7,12-13H,8-11,14H2,1H3. The molecule has 0 bridgehead atoms. The van der Waals surface area contributed by atoms with Gasteiger partial charge in [0.25, 0.3) is 5.91 Å². The predicted molar refractivity (Wildman–Crippen MR) is 93.8 cm³/mol. The highest BCUT2D eigenvalue weighted by molar-refractivity contribution is 5.94. The summed E-state index contributed by atoms with van der Waals surface area (Å²) in [5.41, 5.74) is 2.40. The van der Waals surface area contributed by atoms with Crippen molar-refractivity contribution < 1.29 is 14.0 Å². The molecule has 0 N–H and O–H groups in total. The summed E-state index contributed by atoms with van der Waals surface area (Å²) in [5.74, 6) is -0.368. The average molecular weight is 340 g/mol. The van der Waals surface area contributed by atoms with E-state index in [1.54, 1.807) is 21.9 Å². The molecule has 0 atom stereocenters. The quantitative estimate of drug-likeness (QED) is 0.862. The maximum absolute atomic E-state index is 13.2. The molecule has 1 fully saturated rings. The number of hydrogen-bond donors (Lipinski definition) is 0. The van der Waals surface area contributed by atoms with E-state index >= 15 is 0 Å². The van der Waals surface area contributed by atoms with Crippen LogP contribution in [0.2, 0.25) is 0 Å². The average Bonchev–Trinajstić information content (AvgIpc) is 2.61. The van der Waals surface area contributed by atoms with Crippen LogP contribution in [0.15, 0.2) is 48.5 Å². The lowest BCUT2D eigenvalue weighted by Crippen LogP contribution is -2.51. The van der Waals surface area contributed by atoms with Crippen LogP contribution in [0.1, 0.15) is 21.5 Å². The summed E-state index contributed by atoms with van der Waals surface area (Å²) in [6, 6.07) is 13.6. The van der Waals surface area contributed by atoms with Crippen molar-refractivity contribution in [2.45, 2.75) is 13.3 Å². The fraction of sp³-hybridized carbons (Fsp3) is 0.300. The zero-order valence-corrected chi connectivity index (χ0v) is 14.2. The van der Waals surface area contributed by atoms with Gasteiger partial charge in [-0.3, -0.25) is 9.59 Å². The summed E-state index contributed by atoms with van der Waals surface area (Å²) in [7, 11) is 0. The van der Waals surface area contributed by atoms with Crippen LogP contribution in [-0.2, 0) is 11.2 Å². The molecule has 1 heterocycles. The lowest BCUT2D eigenvalue weighted by Gasteiger charge is -2.35. The lowest BCUT2D eigenvalue weighted by molar-refractivity contribution is -0.131. The number of amides is 2. The lowest BCUT2D eigenvalue weighted by atomic mass is 10.1. The molecule has 0 saturated carbocycles. The number of piperazine rings is 1. The van der Waals surface area contributed by atoms with Crippen LogP contribution in [0.5, 0.6) is 0 Å². The zero-order chi connectivity index (χ0) is 17.8. The molecule has 3 rings (SSSR count). The SMILES string of the molecule is Cc1cccc(C(=O)N2CCN(C(=O)Cc3cccc(F)c3)CC2)c1. The van der Waals surface area contributed by atoms with Crippen LogP contribution in [0.4, 0.5) is 4.39 Å². The van der Waals surface area contributed by atoms with E-state index in [0.29, 0.717) is 37.3 Å². The Kier molecular flexibility index (Phi) is 5.12. The molecule has 4 nitrogen and oxygen atoms in total. The number of carbonyl (C=O) groups is 2. The molecule has 1 saturated heterocycles. The van der Waals surface area contributed by atoms with E-state index < -0.39 is 0 Å². The Morgan fingerprint density at radius 3 is 2.32 bits per heavy atom. The highest BCUT2D eigenvalue weighted by Crippen LogP contribution is 2.12. The Balaban J connectivity index is 1.56. The predicted octanol–water partition coefficient (Wildman–Crippen LogP) is 2.66. The first-order chi connectivity index (χ1) is 12.0. The van der Waals surface area contributed by atoms with Gasteiger partial charge in [-0.15, -0.1) is 0 Å². The third-order valence-corrected chi connectivity index (χ3v) is 4.43. The number of carbonyl (C=O) groups excluding carboxylic acids is 2. The highest BCUT2D eigenvalue weighted by atomic mass is 19.1. The van der Waals surface area contributed by atoms with Gasteiger partial charge in [-0.25, -0.2) is 4.39 Å². The minimum atomic E-state index is -0.334. The molecule has 2 aromatic rings. The monoisotopic (exact) mass is 340 g/mol. The van der Waals surface area contributed by atoms with Gasteiger partial charge in [0.15, 0.2) is 0 Å². The topological polar surface area (TPSA) is 40.6 Å². The summed E-state index contributed by atoms with van der Waals surface area (Å²) >= 11 is 0. The van der Waals surface area contributed by atoms with Crippen LogP contribution in [0.3, 0.4) is 0 Å². The molecule has 1 aliphatic heterocycles. The maximum atomic E-state index is 13.2. The molecule has 0 aromatic heterocycles. The van der Waals surface area contributed by atoms with E-state index in [9.17, 15) is 14.0 Å². The van der Waals surface area contributed by atoms with Gasteiger partial charge in [0.1, 0.15) is 5.82 Å². The Hall–Kier alpha value is -2.69. The van der Waals surface area contributed by atoms with Gasteiger partial charge < -0.3 is 9.80 Å². The Labute approximate surface area is 146 Å². The van der Waals surface area contributed by atoms with Crippen molar-refractivity contribution in [2.75, 3.05) is 26.2 Å². The van der Waals surface area contributed by atoms with Gasteiger partial charge in [0.05, 0.1) is 6.42 Å². The number of aryl methyl sites for hydroxylation is 1. The normalized spacial score (nSPS) is 14.5. The molecule has 25 heavy (non-hydrogen) atoms. The Morgan fingerprint density at radius 1 is 0.960 bits per heavy atom. The van der Waals surface area contributed by atoms with Crippen LogP contribution >= 0.6 is 0 Å². The van der Waals surface area contributed by atoms with E-state index in [1.807, 2.05) is 31.2 Å². The van der Waals surface area contributed by atoms with E-state index in [4.69, 9.17) is 0 Å². The molecule has 5 heteroatoms. The van der Waals surface area contributed by atoms with E-state index in [-0.39, 0.29) is 24.1 Å². The third kappa shape index (κ3) is 4.24. The summed E-state index contributed by atoms with van der Waals surface area (Å²) in [6.07, 6.45) is 0.184. The van der Waals surface area contributed by atoms with Gasteiger partial charge in [-0.2, -0.15) is 0 Å². The molecule has 0 aliphatic carbocycles. The smallest absolute Gasteiger partial charge is 0.253 e. The van der Waals surface area contributed by atoms with Gasteiger partial charge >= 0.3 is 0 Å². The van der Waals surface area contributed by atoms with Crippen molar-refractivity contribution in [2.24, 2.45) is 0 Å². The van der Waals surface area contributed by atoms with Crippen molar-refractivity contribution in [1.29, 1.82) is 0 Å². The maximum Gasteiger partial charge on any atom is 0.253 e. The van der Waals surface area contributed by atoms with Gasteiger partial charge in [0.2, 0.25) is 5.91 Å². The fourth-order valence-corrected chi connectivity index (χ4v) is 3.05. The van der Waals surface area contributed by atoms with Gasteiger partial charge in [-0.05, 0) is 36.8 Å². The van der Waals surface area contributed by atoms with Crippen LogP contribution in [-0.4, -0.2) is 47.8 Å². The Morgan fingerprint density at radius 2 is 1.64 bits per heavy atom. The molecular formula is C20H21FN2O2. The van der Waals surface area contributed by atoms with E-state index in [2.05, 4.69) is 0 Å². The number of benzene rings is 2. The first-order valence-electron chi connectivity index (χ1n) is 8.41. The van der Waals surface area contributed by atoms with Crippen LogP contribution in [0, 0.1) is 12.7 Å². The number of hydrogen-bond acceptors (Lipinski definition) is 2. The fourth-order valence-electron chi connectivity index (χ4n) is 3.05. The number of rotatable bonds is 3. The summed E-state index contributed by atoms with van der Waals surface area (Å²) in [4.78, 5) is 28.4. The Bertz CT molecular complexity index is 783. The first kappa shape index (κ1) is 17.1. The largest absolute Gasteiger partial charge is 0.339 e. The minimum Gasteiger partial charge on any atom is -0.339 e. The van der Waals surface area contributed by atoms with Crippen molar-refractivity contribution >= 4 is 11.8 Å². The summed E-state index contributed by atoms with van der Waals surface area (Å²) in [5, 5.41) is 0. The van der Waals surface area contributed by atoms with Crippen molar-refractivity contribution in [3.05, 3.63) is 71.0 Å². The molecule has 0 radical (unpaired) electrons. The molecule has 0 unspecified atom stereocenters. The molecule has 1 aliphatic rings. The second-order valence-electron chi connectivity index (χ2n) is 6.35. The third-order valence-electron chi connectivity index (χ3n) is 4.43. The second kappa shape index (κ2) is 7.47. The van der Waals surface area contributed by atoms with E-state index in [0.717, 1.165) is 5.56 Å². The van der Waals surface area contributed by atoms with Crippen LogP contribution < -0.4 is 0 Å². The zero-order valence-electron chi connectivity index (χ0n) is 14.2. The van der Waals surface area contributed by atoms with Crippen molar-refractivity contribution in [3.8, 4) is 0 Å². The minimum absolute atomic E-state index is 0.000861. The second-order valence-corrected chi connectivity index (χ2v) is 6.35. The van der Waals surface area contributed by atoms with Crippen molar-refractivity contribution in [3.63, 3.8) is 0 Å².